The molecule has 0 N–H and O–H groups in total. The fourth-order valence-corrected chi connectivity index (χ4v) is 2.65. The van der Waals surface area contributed by atoms with Crippen LogP contribution in [0.4, 0.5) is 5.69 Å². The van der Waals surface area contributed by atoms with Crippen LogP contribution >= 0.6 is 0 Å². The first-order valence-corrected chi connectivity index (χ1v) is 7.89. The fraction of sp³-hybridized carbons (Fsp3) is 0.211. The molecule has 1 aliphatic heterocycles. The number of allylic oxidation sites excluding steroid dienone is 1. The van der Waals surface area contributed by atoms with Crippen LogP contribution in [-0.4, -0.2) is 31.3 Å². The van der Waals surface area contributed by atoms with E-state index < -0.39 is 5.97 Å². The number of hydrogen-bond donors (Lipinski definition) is 0. The van der Waals surface area contributed by atoms with Gasteiger partial charge in [-0.15, -0.1) is 0 Å². The molecule has 0 bridgehead atoms. The molecule has 128 valence electrons. The molecule has 6 heteroatoms. The smallest absolute Gasteiger partial charge is 0.373 e. The number of carbonyl (C=O) groups is 3. The van der Waals surface area contributed by atoms with Gasteiger partial charge in [-0.25, -0.2) is 4.79 Å². The molecule has 0 aliphatic carbocycles. The molecule has 1 aromatic heterocycles. The summed E-state index contributed by atoms with van der Waals surface area (Å²) in [4.78, 5) is 37.2. The Labute approximate surface area is 144 Å². The highest BCUT2D eigenvalue weighted by atomic mass is 16.5. The Morgan fingerprint density at radius 3 is 2.80 bits per heavy atom. The molecule has 3 rings (SSSR count). The van der Waals surface area contributed by atoms with Gasteiger partial charge in [0, 0.05) is 24.2 Å². The van der Waals surface area contributed by atoms with Crippen LogP contribution in [0.3, 0.4) is 0 Å². The van der Waals surface area contributed by atoms with Gasteiger partial charge in [0.05, 0.1) is 7.11 Å². The summed E-state index contributed by atoms with van der Waals surface area (Å²) in [5.41, 5.74) is 1.21. The van der Waals surface area contributed by atoms with Crippen LogP contribution < -0.4 is 4.90 Å². The summed E-state index contributed by atoms with van der Waals surface area (Å²) in [7, 11) is 1.27. The Morgan fingerprint density at radius 2 is 2.08 bits per heavy atom. The van der Waals surface area contributed by atoms with Gasteiger partial charge in [-0.1, -0.05) is 12.1 Å². The lowest BCUT2D eigenvalue weighted by molar-refractivity contribution is -0.117. The van der Waals surface area contributed by atoms with Gasteiger partial charge in [0.15, 0.2) is 5.78 Å². The minimum atomic E-state index is -0.575. The van der Waals surface area contributed by atoms with Gasteiger partial charge in [0.25, 0.3) is 0 Å². The van der Waals surface area contributed by atoms with Crippen molar-refractivity contribution in [2.75, 3.05) is 18.6 Å². The molecule has 0 atom stereocenters. The molecule has 1 saturated heterocycles. The maximum atomic E-state index is 12.3. The van der Waals surface area contributed by atoms with E-state index in [-0.39, 0.29) is 17.5 Å². The Kier molecular flexibility index (Phi) is 4.79. The number of furan rings is 1. The first kappa shape index (κ1) is 16.7. The van der Waals surface area contributed by atoms with Crippen molar-refractivity contribution >= 4 is 29.4 Å². The first-order valence-electron chi connectivity index (χ1n) is 7.89. The van der Waals surface area contributed by atoms with E-state index in [1.165, 1.54) is 25.3 Å². The SMILES string of the molecule is COC(=O)c1ccc(C=CC(=O)c2cccc(N3CCCC3=O)c2)o1. The lowest BCUT2D eigenvalue weighted by Gasteiger charge is -2.16. The zero-order valence-electron chi connectivity index (χ0n) is 13.7. The molecule has 1 aromatic carbocycles. The first-order chi connectivity index (χ1) is 12.1. The summed E-state index contributed by atoms with van der Waals surface area (Å²) in [5, 5.41) is 0. The summed E-state index contributed by atoms with van der Waals surface area (Å²) < 4.78 is 9.83. The number of anilines is 1. The van der Waals surface area contributed by atoms with Gasteiger partial charge in [0.1, 0.15) is 5.76 Å². The monoisotopic (exact) mass is 339 g/mol. The van der Waals surface area contributed by atoms with Crippen LogP contribution in [-0.2, 0) is 9.53 Å². The predicted octanol–water partition coefficient (Wildman–Crippen LogP) is 3.09. The molecule has 1 amide bonds. The van der Waals surface area contributed by atoms with Crippen molar-refractivity contribution in [3.8, 4) is 0 Å². The molecule has 0 saturated carbocycles. The quantitative estimate of drug-likeness (QED) is 0.475. The highest BCUT2D eigenvalue weighted by Gasteiger charge is 2.22. The minimum Gasteiger partial charge on any atom is -0.463 e. The summed E-state index contributed by atoms with van der Waals surface area (Å²) in [6.45, 7) is 0.676. The summed E-state index contributed by atoms with van der Waals surface area (Å²) in [5.74, 6) is -0.270. The third kappa shape index (κ3) is 3.68. The van der Waals surface area contributed by atoms with Crippen LogP contribution in [0.5, 0.6) is 0 Å². The maximum absolute atomic E-state index is 12.3. The van der Waals surface area contributed by atoms with E-state index >= 15 is 0 Å². The molecule has 2 heterocycles. The second kappa shape index (κ2) is 7.17. The van der Waals surface area contributed by atoms with E-state index in [2.05, 4.69) is 4.74 Å². The van der Waals surface area contributed by atoms with Crippen molar-refractivity contribution in [3.63, 3.8) is 0 Å². The number of esters is 1. The second-order valence-corrected chi connectivity index (χ2v) is 5.59. The molecule has 1 aliphatic rings. The van der Waals surface area contributed by atoms with Crippen molar-refractivity contribution in [1.82, 2.24) is 0 Å². The highest BCUT2D eigenvalue weighted by molar-refractivity contribution is 6.07. The number of rotatable bonds is 5. The van der Waals surface area contributed by atoms with E-state index in [9.17, 15) is 14.4 Å². The van der Waals surface area contributed by atoms with Crippen LogP contribution in [0.25, 0.3) is 6.08 Å². The standard InChI is InChI=1S/C19H17NO5/c1-24-19(23)17-10-8-15(25-17)7-9-16(21)13-4-2-5-14(12-13)20-11-3-6-18(20)22/h2,4-5,7-10,12H,3,6,11H2,1H3. The number of carbonyl (C=O) groups excluding carboxylic acids is 3. The average Bonchev–Trinajstić information content (AvgIpc) is 3.28. The number of ether oxygens (including phenoxy) is 1. The number of benzene rings is 1. The number of nitrogens with zero attached hydrogens (tertiary/aromatic N) is 1. The van der Waals surface area contributed by atoms with Crippen molar-refractivity contribution in [2.45, 2.75) is 12.8 Å². The molecule has 0 radical (unpaired) electrons. The zero-order valence-corrected chi connectivity index (χ0v) is 13.7. The third-order valence-corrected chi connectivity index (χ3v) is 3.93. The van der Waals surface area contributed by atoms with Gasteiger partial charge in [-0.2, -0.15) is 0 Å². The molecule has 2 aromatic rings. The second-order valence-electron chi connectivity index (χ2n) is 5.59. The summed E-state index contributed by atoms with van der Waals surface area (Å²) >= 11 is 0. The van der Waals surface area contributed by atoms with Crippen LogP contribution in [0.1, 0.15) is 39.5 Å². The normalized spacial score (nSPS) is 14.3. The Hall–Kier alpha value is -3.15. The molecule has 25 heavy (non-hydrogen) atoms. The van der Waals surface area contributed by atoms with Crippen molar-refractivity contribution in [2.24, 2.45) is 0 Å². The van der Waals surface area contributed by atoms with Gasteiger partial charge < -0.3 is 14.1 Å². The number of ketones is 1. The van der Waals surface area contributed by atoms with E-state index in [1.807, 2.05) is 6.07 Å². The van der Waals surface area contributed by atoms with E-state index in [4.69, 9.17) is 4.42 Å². The molecule has 0 spiro atoms. The van der Waals surface area contributed by atoms with Gasteiger partial charge in [-0.05, 0) is 42.8 Å². The zero-order chi connectivity index (χ0) is 17.8. The van der Waals surface area contributed by atoms with Crippen LogP contribution in [0.15, 0.2) is 46.9 Å². The topological polar surface area (TPSA) is 76.8 Å². The van der Waals surface area contributed by atoms with Gasteiger partial charge >= 0.3 is 5.97 Å². The minimum absolute atomic E-state index is 0.0733. The molecule has 1 fully saturated rings. The fourth-order valence-electron chi connectivity index (χ4n) is 2.65. The largest absolute Gasteiger partial charge is 0.463 e. The van der Waals surface area contributed by atoms with E-state index in [0.717, 1.165) is 12.1 Å². The summed E-state index contributed by atoms with van der Waals surface area (Å²) in [6.07, 6.45) is 4.23. The molecular weight excluding hydrogens is 322 g/mol. The molecule has 6 nitrogen and oxygen atoms in total. The molecule has 0 unspecified atom stereocenters. The summed E-state index contributed by atoms with van der Waals surface area (Å²) in [6, 6.07) is 10.0. The maximum Gasteiger partial charge on any atom is 0.373 e. The Balaban J connectivity index is 1.74. The third-order valence-electron chi connectivity index (χ3n) is 3.93. The Bertz CT molecular complexity index is 849. The van der Waals surface area contributed by atoms with Crippen molar-refractivity contribution < 1.29 is 23.5 Å². The number of hydrogen-bond acceptors (Lipinski definition) is 5. The van der Waals surface area contributed by atoms with Crippen molar-refractivity contribution in [3.05, 3.63) is 59.6 Å². The lowest BCUT2D eigenvalue weighted by atomic mass is 10.1. The molecular formula is C19H17NO5. The highest BCUT2D eigenvalue weighted by Crippen LogP contribution is 2.22. The van der Waals surface area contributed by atoms with E-state index in [0.29, 0.717) is 24.3 Å². The Morgan fingerprint density at radius 1 is 1.24 bits per heavy atom. The van der Waals surface area contributed by atoms with Gasteiger partial charge in [-0.3, -0.25) is 9.59 Å². The average molecular weight is 339 g/mol. The number of methoxy groups -OCH3 is 1. The van der Waals surface area contributed by atoms with Crippen LogP contribution in [0.2, 0.25) is 0 Å². The predicted molar refractivity (Wildman–Crippen MR) is 91.4 cm³/mol. The van der Waals surface area contributed by atoms with Crippen LogP contribution in [0, 0.1) is 0 Å². The van der Waals surface area contributed by atoms with Gasteiger partial charge in [0.2, 0.25) is 11.7 Å². The van der Waals surface area contributed by atoms with E-state index in [1.54, 1.807) is 29.2 Å². The van der Waals surface area contributed by atoms with Crippen molar-refractivity contribution in [1.29, 1.82) is 0 Å². The lowest BCUT2D eigenvalue weighted by Crippen LogP contribution is -2.23. The number of amides is 1.